The van der Waals surface area contributed by atoms with Crippen LogP contribution in [0, 0.1) is 25.2 Å². The van der Waals surface area contributed by atoms with E-state index in [9.17, 15) is 13.6 Å². The van der Waals surface area contributed by atoms with Gasteiger partial charge in [-0.25, -0.2) is 0 Å². The minimum absolute atomic E-state index is 0.0237. The van der Waals surface area contributed by atoms with Crippen LogP contribution < -0.4 is 10.1 Å². The second-order valence-electron chi connectivity index (χ2n) is 7.84. The lowest BCUT2D eigenvalue weighted by Crippen LogP contribution is -2.35. The molecule has 0 fully saturated rings. The van der Waals surface area contributed by atoms with Crippen molar-refractivity contribution in [1.29, 1.82) is 5.26 Å². The number of amides is 1. The number of rotatable bonds is 6. The average molecular weight is 458 g/mol. The van der Waals surface area contributed by atoms with E-state index in [1.807, 2.05) is 13.0 Å². The van der Waals surface area contributed by atoms with E-state index >= 15 is 0 Å². The molecule has 0 aliphatic carbocycles. The number of alkyl halides is 2. The van der Waals surface area contributed by atoms with Crippen molar-refractivity contribution in [2.75, 3.05) is 6.54 Å². The zero-order chi connectivity index (χ0) is 24.3. The molecule has 3 aromatic carbocycles. The zero-order valence-electron chi connectivity index (χ0n) is 18.5. The predicted molar refractivity (Wildman–Crippen MR) is 123 cm³/mol. The lowest BCUT2D eigenvalue weighted by atomic mass is 10.00. The van der Waals surface area contributed by atoms with Gasteiger partial charge in [0.1, 0.15) is 11.3 Å². The van der Waals surface area contributed by atoms with Crippen molar-refractivity contribution in [3.8, 4) is 17.7 Å². The quantitative estimate of drug-likeness (QED) is 0.416. The Balaban J connectivity index is 1.67. The van der Waals surface area contributed by atoms with Gasteiger partial charge in [0.25, 0.3) is 17.7 Å². The molecule has 34 heavy (non-hydrogen) atoms. The van der Waals surface area contributed by atoms with E-state index in [-0.39, 0.29) is 22.8 Å². The summed E-state index contributed by atoms with van der Waals surface area (Å²) in [5.41, 5.74) is 1.90. The Bertz CT molecular complexity index is 1430. The van der Waals surface area contributed by atoms with Crippen LogP contribution in [0.15, 0.2) is 66.7 Å². The van der Waals surface area contributed by atoms with Gasteiger partial charge in [-0.2, -0.15) is 14.0 Å². The predicted octanol–water partition coefficient (Wildman–Crippen LogP) is 5.43. The van der Waals surface area contributed by atoms with Crippen molar-refractivity contribution < 1.29 is 18.3 Å². The van der Waals surface area contributed by atoms with Crippen molar-refractivity contribution >= 4 is 16.8 Å². The van der Waals surface area contributed by atoms with Crippen molar-refractivity contribution in [2.45, 2.75) is 19.8 Å². The monoisotopic (exact) mass is 458 g/mol. The molecule has 4 aromatic rings. The van der Waals surface area contributed by atoms with E-state index in [0.717, 1.165) is 5.56 Å². The number of benzene rings is 3. The number of carbonyl (C=O) groups is 1. The fourth-order valence-corrected chi connectivity index (χ4v) is 3.67. The molecule has 0 radical (unpaired) electrons. The van der Waals surface area contributed by atoms with Gasteiger partial charge < -0.3 is 10.1 Å². The van der Waals surface area contributed by atoms with Crippen LogP contribution in [0.5, 0.6) is 11.6 Å². The summed E-state index contributed by atoms with van der Waals surface area (Å²) in [6.07, 6.45) is 0. The molecule has 0 unspecified atom stereocenters. The summed E-state index contributed by atoms with van der Waals surface area (Å²) in [4.78, 5) is 13.2. The second kappa shape index (κ2) is 9.24. The van der Waals surface area contributed by atoms with Gasteiger partial charge in [-0.1, -0.05) is 48.0 Å². The van der Waals surface area contributed by atoms with E-state index in [0.29, 0.717) is 22.0 Å². The maximum absolute atomic E-state index is 15.0. The average Bonchev–Trinajstić information content (AvgIpc) is 2.82. The molecule has 0 saturated heterocycles. The van der Waals surface area contributed by atoms with Gasteiger partial charge >= 0.3 is 0 Å². The molecule has 0 spiro atoms. The molecule has 0 aliphatic heterocycles. The normalized spacial score (nSPS) is 11.1. The molecule has 0 saturated carbocycles. The molecule has 1 aromatic heterocycles. The molecule has 0 atom stereocenters. The molecule has 170 valence electrons. The Hall–Kier alpha value is -4.38. The van der Waals surface area contributed by atoms with Gasteiger partial charge in [0.05, 0.1) is 23.7 Å². The van der Waals surface area contributed by atoms with Crippen molar-refractivity contribution in [1.82, 2.24) is 15.5 Å². The van der Waals surface area contributed by atoms with Crippen LogP contribution in [0.1, 0.15) is 32.6 Å². The molecule has 1 N–H and O–H groups in total. The Morgan fingerprint density at radius 2 is 1.85 bits per heavy atom. The molecule has 1 amide bonds. The van der Waals surface area contributed by atoms with E-state index in [4.69, 9.17) is 10.00 Å². The van der Waals surface area contributed by atoms with Gasteiger partial charge in [-0.3, -0.25) is 4.79 Å². The number of hydrogen-bond donors (Lipinski definition) is 1. The van der Waals surface area contributed by atoms with E-state index in [1.54, 1.807) is 61.5 Å². The minimum atomic E-state index is -3.29. The van der Waals surface area contributed by atoms with Crippen LogP contribution in [0.2, 0.25) is 0 Å². The molecule has 1 heterocycles. The lowest BCUT2D eigenvalue weighted by molar-refractivity contribution is -0.00308. The summed E-state index contributed by atoms with van der Waals surface area (Å²) < 4.78 is 35.7. The van der Waals surface area contributed by atoms with Crippen molar-refractivity contribution in [3.63, 3.8) is 0 Å². The summed E-state index contributed by atoms with van der Waals surface area (Å²) in [5.74, 6) is -3.95. The number of nitriles is 1. The highest BCUT2D eigenvalue weighted by Crippen LogP contribution is 2.32. The maximum Gasteiger partial charge on any atom is 0.290 e. The summed E-state index contributed by atoms with van der Waals surface area (Å²) in [6, 6.07) is 19.7. The number of fused-ring (bicyclic) bond motifs is 1. The zero-order valence-corrected chi connectivity index (χ0v) is 18.5. The van der Waals surface area contributed by atoms with Crippen LogP contribution in [-0.2, 0) is 5.92 Å². The number of halogens is 2. The molecule has 4 rings (SSSR count). The van der Waals surface area contributed by atoms with Gasteiger partial charge in [-0.05, 0) is 43.7 Å². The third-order valence-corrected chi connectivity index (χ3v) is 5.29. The Morgan fingerprint density at radius 3 is 2.62 bits per heavy atom. The lowest BCUT2D eigenvalue weighted by Gasteiger charge is -2.20. The number of nitrogens with one attached hydrogen (secondary N) is 1. The largest absolute Gasteiger partial charge is 0.437 e. The van der Waals surface area contributed by atoms with Crippen LogP contribution in [0.25, 0.3) is 10.9 Å². The van der Waals surface area contributed by atoms with Crippen molar-refractivity contribution in [2.24, 2.45) is 0 Å². The summed E-state index contributed by atoms with van der Waals surface area (Å²) in [7, 11) is 0. The minimum Gasteiger partial charge on any atom is -0.437 e. The van der Waals surface area contributed by atoms with Crippen LogP contribution in [0.4, 0.5) is 8.78 Å². The Morgan fingerprint density at radius 1 is 1.06 bits per heavy atom. The van der Waals surface area contributed by atoms with E-state index in [1.165, 1.54) is 12.1 Å². The van der Waals surface area contributed by atoms with Crippen LogP contribution in [-0.4, -0.2) is 22.6 Å². The summed E-state index contributed by atoms with van der Waals surface area (Å²) in [6.45, 7) is 2.53. The number of aromatic nitrogens is 2. The fourth-order valence-electron chi connectivity index (χ4n) is 3.67. The standard InChI is InChI=1S/C26H20F2N4O2/c1-16-10-11-21(17(2)12-16)26(27,28)15-30-24(33)23-20-8-3-4-9-22(20)31-32-25(23)34-19-7-5-6-18(13-19)14-29/h3-13H,15H2,1-2H3,(H,30,33). The molecular weight excluding hydrogens is 438 g/mol. The Labute approximate surface area is 194 Å². The first-order chi connectivity index (χ1) is 16.3. The highest BCUT2D eigenvalue weighted by atomic mass is 19.3. The van der Waals surface area contributed by atoms with Gasteiger partial charge in [0.2, 0.25) is 0 Å². The first-order valence-corrected chi connectivity index (χ1v) is 10.5. The molecule has 0 aliphatic rings. The Kier molecular flexibility index (Phi) is 6.19. The SMILES string of the molecule is Cc1ccc(C(F)(F)CNC(=O)c2c(Oc3cccc(C#N)c3)nnc3ccccc23)c(C)c1. The van der Waals surface area contributed by atoms with Gasteiger partial charge in [0, 0.05) is 10.9 Å². The number of hydrogen-bond acceptors (Lipinski definition) is 5. The molecule has 0 bridgehead atoms. The van der Waals surface area contributed by atoms with Crippen molar-refractivity contribution in [3.05, 3.63) is 94.5 Å². The number of carbonyl (C=O) groups excluding carboxylic acids is 1. The highest BCUT2D eigenvalue weighted by Gasteiger charge is 2.34. The maximum atomic E-state index is 15.0. The molecular formula is C26H20F2N4O2. The molecule has 6 nitrogen and oxygen atoms in total. The number of ether oxygens (including phenoxy) is 1. The van der Waals surface area contributed by atoms with E-state index in [2.05, 4.69) is 15.5 Å². The number of nitrogens with zero attached hydrogens (tertiary/aromatic N) is 3. The van der Waals surface area contributed by atoms with Gasteiger partial charge in [-0.15, -0.1) is 10.2 Å². The fraction of sp³-hybridized carbons (Fsp3) is 0.154. The second-order valence-corrected chi connectivity index (χ2v) is 7.84. The smallest absolute Gasteiger partial charge is 0.290 e. The highest BCUT2D eigenvalue weighted by molar-refractivity contribution is 6.07. The van der Waals surface area contributed by atoms with Crippen LogP contribution >= 0.6 is 0 Å². The topological polar surface area (TPSA) is 87.9 Å². The van der Waals surface area contributed by atoms with E-state index < -0.39 is 18.4 Å². The summed E-state index contributed by atoms with van der Waals surface area (Å²) in [5, 5.41) is 19.9. The number of aryl methyl sites for hydroxylation is 2. The van der Waals surface area contributed by atoms with Gasteiger partial charge in [0.15, 0.2) is 0 Å². The first kappa shape index (κ1) is 22.8. The summed E-state index contributed by atoms with van der Waals surface area (Å²) >= 11 is 0. The third-order valence-electron chi connectivity index (χ3n) is 5.29. The van der Waals surface area contributed by atoms with Crippen LogP contribution in [0.3, 0.4) is 0 Å². The third kappa shape index (κ3) is 4.69. The first-order valence-electron chi connectivity index (χ1n) is 10.5. The molecule has 8 heteroatoms.